The number of nitrogens with two attached hydrogens (primary N) is 4. The van der Waals surface area contributed by atoms with Crippen LogP contribution in [0.2, 0.25) is 0 Å². The van der Waals surface area contributed by atoms with Crippen molar-refractivity contribution in [1.82, 2.24) is 29.1 Å². The van der Waals surface area contributed by atoms with Gasteiger partial charge in [0.25, 0.3) is 5.88 Å². The van der Waals surface area contributed by atoms with Gasteiger partial charge in [-0.05, 0) is 24.7 Å². The standard InChI is InChI=1S/C33H45N11O13S2/c1-9(2)14(34)28(48)52-7-12-16(45)17(46)26(54-12)44-24-21(59-33(44)51)25(42-31(37)41-24)57-56-19-13(8-53-29(49)15(35)10(3)4)55-27(18(19)47)43-23-20(58-32(43)50)22(38-11-5-6-11)39-30(36)40-23/h9-19,26-27,45-47H,5-8,34-35H2,1-4H3,(H2,37,41,42)(H3,36,38,39,40)/t12-,13-,14+,15+,16-,17-,18-,19-,26-,27-/m1/s1. The van der Waals surface area contributed by atoms with Crippen molar-refractivity contribution in [1.29, 1.82) is 0 Å². The van der Waals surface area contributed by atoms with Gasteiger partial charge in [0.05, 0.1) is 0 Å². The summed E-state index contributed by atoms with van der Waals surface area (Å²) in [5.41, 5.74) is 23.7. The molecule has 2 aliphatic heterocycles. The molecule has 26 heteroatoms. The Morgan fingerprint density at radius 1 is 0.780 bits per heavy atom. The van der Waals surface area contributed by atoms with Gasteiger partial charge in [-0.1, -0.05) is 50.4 Å². The molecule has 0 aromatic carbocycles. The zero-order valence-electron chi connectivity index (χ0n) is 32.1. The van der Waals surface area contributed by atoms with E-state index in [0.29, 0.717) is 21.9 Å². The minimum Gasteiger partial charge on any atom is -0.462 e. The normalized spacial score (nSPS) is 26.8. The topological polar surface area (TPSA) is 362 Å². The number of aromatic nitrogens is 6. The highest BCUT2D eigenvalue weighted by molar-refractivity contribution is 7.17. The molecule has 7 rings (SSSR count). The number of hydrogen-bond acceptors (Lipinski definition) is 24. The maximum Gasteiger partial charge on any atom is 0.323 e. The lowest BCUT2D eigenvalue weighted by Gasteiger charge is -2.21. The predicted octanol–water partition coefficient (Wildman–Crippen LogP) is -1.93. The maximum atomic E-state index is 13.5. The Kier molecular flexibility index (Phi) is 12.1. The zero-order valence-corrected chi connectivity index (χ0v) is 33.7. The van der Waals surface area contributed by atoms with Gasteiger partial charge in [0.15, 0.2) is 35.7 Å². The second kappa shape index (κ2) is 16.8. The van der Waals surface area contributed by atoms with Crippen molar-refractivity contribution < 1.29 is 53.6 Å². The minimum absolute atomic E-state index is 0.0639. The molecule has 59 heavy (non-hydrogen) atoms. The number of carbonyl (C=O) groups is 2. The summed E-state index contributed by atoms with van der Waals surface area (Å²) in [7, 11) is 0. The van der Waals surface area contributed by atoms with Crippen molar-refractivity contribution in [3.8, 4) is 5.88 Å². The molecule has 0 unspecified atom stereocenters. The molecule has 4 aromatic rings. The lowest BCUT2D eigenvalue weighted by Crippen LogP contribution is -2.41. The number of aliphatic hydroxyl groups is 3. The first-order valence-corrected chi connectivity index (χ1v) is 20.2. The number of ether oxygens (including phenoxy) is 4. The van der Waals surface area contributed by atoms with Crippen LogP contribution in [0, 0.1) is 11.8 Å². The number of nitrogens with zero attached hydrogens (tertiary/aromatic N) is 6. The summed E-state index contributed by atoms with van der Waals surface area (Å²) in [4.78, 5) is 78.7. The number of fused-ring (bicyclic) bond motifs is 2. The van der Waals surface area contributed by atoms with E-state index >= 15 is 0 Å². The molecule has 0 amide bonds. The molecule has 1 aliphatic carbocycles. The van der Waals surface area contributed by atoms with Crippen molar-refractivity contribution in [3.05, 3.63) is 19.3 Å². The predicted molar refractivity (Wildman–Crippen MR) is 208 cm³/mol. The number of nitrogens with one attached hydrogen (secondary N) is 1. The Bertz CT molecular complexity index is 2330. The molecule has 3 fully saturated rings. The van der Waals surface area contributed by atoms with Crippen LogP contribution < -0.4 is 42.9 Å². The van der Waals surface area contributed by atoms with Gasteiger partial charge >= 0.3 is 21.7 Å². The van der Waals surface area contributed by atoms with E-state index in [0.717, 1.165) is 33.3 Å². The van der Waals surface area contributed by atoms with Crippen LogP contribution in [0.15, 0.2) is 9.59 Å². The average Bonchev–Trinajstić information content (AvgIpc) is 3.65. The molecule has 3 aliphatic rings. The Morgan fingerprint density at radius 2 is 1.29 bits per heavy atom. The van der Waals surface area contributed by atoms with E-state index < -0.39 is 108 Å². The van der Waals surface area contributed by atoms with Crippen molar-refractivity contribution in [2.45, 2.75) is 108 Å². The fourth-order valence-corrected chi connectivity index (χ4v) is 8.07. The zero-order chi connectivity index (χ0) is 42.6. The van der Waals surface area contributed by atoms with Crippen LogP contribution in [0.25, 0.3) is 20.7 Å². The molecule has 1 saturated carbocycles. The van der Waals surface area contributed by atoms with E-state index in [1.54, 1.807) is 27.7 Å². The quantitative estimate of drug-likeness (QED) is 0.0366. The van der Waals surface area contributed by atoms with Crippen LogP contribution in [0.4, 0.5) is 17.7 Å². The highest BCUT2D eigenvalue weighted by Gasteiger charge is 2.50. The maximum absolute atomic E-state index is 13.5. The lowest BCUT2D eigenvalue weighted by atomic mass is 10.1. The largest absolute Gasteiger partial charge is 0.462 e. The summed E-state index contributed by atoms with van der Waals surface area (Å²) in [5, 5.41) is 36.7. The minimum atomic E-state index is -1.70. The summed E-state index contributed by atoms with van der Waals surface area (Å²) in [5.74, 6) is -2.67. The van der Waals surface area contributed by atoms with Crippen LogP contribution >= 0.6 is 22.7 Å². The summed E-state index contributed by atoms with van der Waals surface area (Å²) in [6, 6.07) is -1.78. The second-order valence-electron chi connectivity index (χ2n) is 15.1. The molecule has 12 N–H and O–H groups in total. The van der Waals surface area contributed by atoms with Crippen LogP contribution in [0.3, 0.4) is 0 Å². The Balaban J connectivity index is 1.16. The molecule has 322 valence electrons. The number of esters is 2. The van der Waals surface area contributed by atoms with Gasteiger partial charge in [0, 0.05) is 6.04 Å². The van der Waals surface area contributed by atoms with Gasteiger partial charge in [0.2, 0.25) is 11.9 Å². The molecule has 0 radical (unpaired) electrons. The molecule has 24 nitrogen and oxygen atoms in total. The van der Waals surface area contributed by atoms with E-state index in [4.69, 9.17) is 51.7 Å². The van der Waals surface area contributed by atoms with Crippen LogP contribution in [-0.2, 0) is 33.4 Å². The third-order valence-corrected chi connectivity index (χ3v) is 11.9. The monoisotopic (exact) mass is 867 g/mol. The first kappa shape index (κ1) is 42.5. The summed E-state index contributed by atoms with van der Waals surface area (Å²) >= 11 is 1.34. The van der Waals surface area contributed by atoms with Gasteiger partial charge in [-0.15, -0.1) is 0 Å². The lowest BCUT2D eigenvalue weighted by molar-refractivity contribution is -0.271. The van der Waals surface area contributed by atoms with Gasteiger partial charge in [0.1, 0.15) is 65.2 Å². The molecular weight excluding hydrogens is 823 g/mol. The molecular formula is C33H45N11O13S2. The first-order valence-electron chi connectivity index (χ1n) is 18.6. The Morgan fingerprint density at radius 3 is 1.86 bits per heavy atom. The van der Waals surface area contributed by atoms with Crippen LogP contribution in [0.1, 0.15) is 53.0 Å². The van der Waals surface area contributed by atoms with Crippen LogP contribution in [0.5, 0.6) is 5.88 Å². The Hall–Kier alpha value is -4.64. The fraction of sp³-hybridized carbons (Fsp3) is 0.636. The SMILES string of the molecule is CC(C)[C@H](N)C(=O)OC[C@H]1O[C@@H](n2c(=O)sc3c(OO[C@H]4[C@@H](O)[C@H](n5c(=O)sc6c(NC7CC7)nc(N)nc65)O[C@@H]4COC(=O)[C@@H](N)C(C)C)nc(N)nc32)[C@H](O)[C@@H]1O. The third-order valence-electron chi connectivity index (χ3n) is 10.00. The molecule has 2 saturated heterocycles. The summed E-state index contributed by atoms with van der Waals surface area (Å²) in [6.07, 6.45) is -10.3. The third kappa shape index (κ3) is 8.41. The van der Waals surface area contributed by atoms with Gasteiger partial charge < -0.3 is 67.4 Å². The number of rotatable bonds is 15. The van der Waals surface area contributed by atoms with Gasteiger partial charge in [-0.25, -0.2) is 0 Å². The van der Waals surface area contributed by atoms with Crippen LogP contribution in [-0.4, -0.2) is 124 Å². The number of nitrogen functional groups attached to an aromatic ring is 2. The van der Waals surface area contributed by atoms with E-state index in [1.807, 2.05) is 0 Å². The number of aliphatic hydroxyl groups excluding tert-OH is 3. The molecule has 0 bridgehead atoms. The highest BCUT2D eigenvalue weighted by Crippen LogP contribution is 2.38. The fourth-order valence-electron chi connectivity index (χ4n) is 6.30. The smallest absolute Gasteiger partial charge is 0.323 e. The van der Waals surface area contributed by atoms with Crippen molar-refractivity contribution in [3.63, 3.8) is 0 Å². The molecule has 4 aromatic heterocycles. The van der Waals surface area contributed by atoms with Crippen molar-refractivity contribution >= 4 is 73.0 Å². The number of thiazole rings is 2. The highest BCUT2D eigenvalue weighted by atomic mass is 32.1. The Labute approximate surface area is 341 Å². The number of anilines is 3. The first-order chi connectivity index (χ1) is 27.9. The molecule has 0 spiro atoms. The second-order valence-corrected chi connectivity index (χ2v) is 17.0. The average molecular weight is 868 g/mol. The van der Waals surface area contributed by atoms with Crippen molar-refractivity contribution in [2.75, 3.05) is 30.0 Å². The number of carbonyl (C=O) groups excluding carboxylic acids is 2. The molecule has 10 atom stereocenters. The van der Waals surface area contributed by atoms with Gasteiger partial charge in [-0.3, -0.25) is 28.3 Å². The molecule has 6 heterocycles. The van der Waals surface area contributed by atoms with E-state index in [1.165, 1.54) is 0 Å². The van der Waals surface area contributed by atoms with Crippen molar-refractivity contribution in [2.24, 2.45) is 23.3 Å². The summed E-state index contributed by atoms with van der Waals surface area (Å²) < 4.78 is 24.9. The van der Waals surface area contributed by atoms with E-state index in [9.17, 15) is 34.5 Å². The number of hydrogen-bond donors (Lipinski definition) is 8. The van der Waals surface area contributed by atoms with Gasteiger partial charge in [-0.2, -0.15) is 24.8 Å². The summed E-state index contributed by atoms with van der Waals surface area (Å²) in [6.45, 7) is 5.90. The van der Waals surface area contributed by atoms with E-state index in [-0.39, 0.29) is 39.8 Å². The van der Waals surface area contributed by atoms with E-state index in [2.05, 4.69) is 25.3 Å².